The number of hydrogen-bond donors (Lipinski definition) is 1. The molecule has 0 bridgehead atoms. The molecule has 1 aromatic heterocycles. The highest BCUT2D eigenvalue weighted by Gasteiger charge is 2.39. The van der Waals surface area contributed by atoms with Gasteiger partial charge < -0.3 is 9.64 Å². The molecule has 148 valence electrons. The number of carbonyl (C=O) groups excluding carboxylic acids is 1. The zero-order valence-corrected chi connectivity index (χ0v) is 16.4. The van der Waals surface area contributed by atoms with E-state index >= 15 is 0 Å². The van der Waals surface area contributed by atoms with Crippen LogP contribution in [0.15, 0.2) is 60.8 Å². The van der Waals surface area contributed by atoms with Crippen LogP contribution >= 0.6 is 0 Å². The van der Waals surface area contributed by atoms with Crippen LogP contribution in [-0.2, 0) is 19.4 Å². The van der Waals surface area contributed by atoms with E-state index in [4.69, 9.17) is 4.74 Å². The number of aromatic nitrogens is 2. The number of nitrogens with zero attached hydrogens (tertiary/aromatic N) is 2. The quantitative estimate of drug-likeness (QED) is 0.691. The maximum atomic E-state index is 13.3. The van der Waals surface area contributed by atoms with Crippen molar-refractivity contribution in [2.45, 2.75) is 50.8 Å². The van der Waals surface area contributed by atoms with Gasteiger partial charge in [-0.1, -0.05) is 30.3 Å². The highest BCUT2D eigenvalue weighted by atomic mass is 16.5. The van der Waals surface area contributed by atoms with Crippen LogP contribution in [0.2, 0.25) is 0 Å². The van der Waals surface area contributed by atoms with Gasteiger partial charge in [0.1, 0.15) is 12.4 Å². The van der Waals surface area contributed by atoms with Crippen LogP contribution < -0.4 is 4.74 Å². The average molecular weight is 387 g/mol. The van der Waals surface area contributed by atoms with E-state index in [0.717, 1.165) is 49.0 Å². The van der Waals surface area contributed by atoms with Crippen molar-refractivity contribution < 1.29 is 9.53 Å². The molecule has 2 aliphatic rings. The third-order valence-corrected chi connectivity index (χ3v) is 5.91. The summed E-state index contributed by atoms with van der Waals surface area (Å²) in [7, 11) is 0. The number of carbonyl (C=O) groups is 1. The molecule has 2 aromatic carbocycles. The third-order valence-electron chi connectivity index (χ3n) is 5.91. The van der Waals surface area contributed by atoms with Crippen molar-refractivity contribution in [3.8, 4) is 5.75 Å². The number of benzene rings is 2. The molecule has 0 aliphatic heterocycles. The van der Waals surface area contributed by atoms with Crippen LogP contribution in [0.25, 0.3) is 0 Å². The minimum Gasteiger partial charge on any atom is -0.489 e. The van der Waals surface area contributed by atoms with Gasteiger partial charge >= 0.3 is 0 Å². The minimum atomic E-state index is 0.138. The Morgan fingerprint density at radius 3 is 2.59 bits per heavy atom. The number of aromatic amines is 1. The van der Waals surface area contributed by atoms with Crippen molar-refractivity contribution in [2.75, 3.05) is 0 Å². The maximum Gasteiger partial charge on any atom is 0.254 e. The van der Waals surface area contributed by atoms with Gasteiger partial charge in [-0.2, -0.15) is 5.10 Å². The van der Waals surface area contributed by atoms with E-state index in [0.29, 0.717) is 12.6 Å². The van der Waals surface area contributed by atoms with Crippen LogP contribution in [-0.4, -0.2) is 33.1 Å². The Morgan fingerprint density at radius 2 is 1.83 bits per heavy atom. The lowest BCUT2D eigenvalue weighted by molar-refractivity contribution is 0.0642. The SMILES string of the molecule is O=C(c1ccc(OCc2ccccc2)cc1)N(C1CC1)C1CCc2[nH]ncc2C1. The van der Waals surface area contributed by atoms with Crippen molar-refractivity contribution in [1.29, 1.82) is 0 Å². The molecule has 1 fully saturated rings. The number of amides is 1. The number of hydrogen-bond acceptors (Lipinski definition) is 3. The lowest BCUT2D eigenvalue weighted by Gasteiger charge is -2.34. The molecule has 29 heavy (non-hydrogen) atoms. The van der Waals surface area contributed by atoms with E-state index in [1.54, 1.807) is 0 Å². The Kier molecular flexibility index (Phi) is 4.80. The van der Waals surface area contributed by atoms with E-state index in [2.05, 4.69) is 15.1 Å². The molecule has 3 aromatic rings. The first-order valence-corrected chi connectivity index (χ1v) is 10.4. The summed E-state index contributed by atoms with van der Waals surface area (Å²) in [4.78, 5) is 15.5. The van der Waals surface area contributed by atoms with Crippen molar-refractivity contribution >= 4 is 5.91 Å². The summed E-state index contributed by atoms with van der Waals surface area (Å²) in [5.74, 6) is 0.920. The maximum absolute atomic E-state index is 13.3. The van der Waals surface area contributed by atoms with Crippen LogP contribution in [0.1, 0.15) is 46.4 Å². The number of aryl methyl sites for hydroxylation is 1. The van der Waals surface area contributed by atoms with E-state index in [1.807, 2.05) is 60.8 Å². The highest BCUT2D eigenvalue weighted by Crippen LogP contribution is 2.34. The summed E-state index contributed by atoms with van der Waals surface area (Å²) in [5, 5.41) is 7.25. The zero-order chi connectivity index (χ0) is 19.6. The van der Waals surface area contributed by atoms with Gasteiger partial charge in [0.05, 0.1) is 6.20 Å². The van der Waals surface area contributed by atoms with Crippen LogP contribution in [0.4, 0.5) is 0 Å². The number of ether oxygens (including phenoxy) is 1. The Morgan fingerprint density at radius 1 is 1.03 bits per heavy atom. The molecule has 1 atom stereocenters. The summed E-state index contributed by atoms with van der Waals surface area (Å²) < 4.78 is 5.86. The second-order valence-electron chi connectivity index (χ2n) is 8.01. The van der Waals surface area contributed by atoms with Crippen molar-refractivity contribution in [3.63, 3.8) is 0 Å². The first kappa shape index (κ1) is 18.0. The molecule has 5 nitrogen and oxygen atoms in total. The topological polar surface area (TPSA) is 58.2 Å². The average Bonchev–Trinajstić information content (AvgIpc) is 3.49. The van der Waals surface area contributed by atoms with Gasteiger partial charge in [0, 0.05) is 23.3 Å². The van der Waals surface area contributed by atoms with E-state index < -0.39 is 0 Å². The summed E-state index contributed by atoms with van der Waals surface area (Å²) in [6.07, 6.45) is 6.98. The molecule has 0 radical (unpaired) electrons. The smallest absolute Gasteiger partial charge is 0.254 e. The number of rotatable bonds is 6. The molecule has 1 heterocycles. The fourth-order valence-electron chi connectivity index (χ4n) is 4.20. The van der Waals surface area contributed by atoms with Gasteiger partial charge in [0.15, 0.2) is 0 Å². The monoisotopic (exact) mass is 387 g/mol. The predicted octanol–water partition coefficient (Wildman–Crippen LogP) is 4.15. The molecule has 1 saturated carbocycles. The first-order chi connectivity index (χ1) is 14.3. The molecule has 0 spiro atoms. The Labute approximate surface area is 170 Å². The number of H-pyrrole nitrogens is 1. The molecule has 1 N–H and O–H groups in total. The second-order valence-corrected chi connectivity index (χ2v) is 8.01. The Balaban J connectivity index is 1.27. The van der Waals surface area contributed by atoms with Crippen LogP contribution in [0.3, 0.4) is 0 Å². The highest BCUT2D eigenvalue weighted by molar-refractivity contribution is 5.95. The van der Waals surface area contributed by atoms with Gasteiger partial charge in [-0.3, -0.25) is 9.89 Å². The summed E-state index contributed by atoms with van der Waals surface area (Å²) >= 11 is 0. The largest absolute Gasteiger partial charge is 0.489 e. The molecule has 1 unspecified atom stereocenters. The van der Waals surface area contributed by atoms with E-state index in [1.165, 1.54) is 11.3 Å². The molecule has 5 rings (SSSR count). The van der Waals surface area contributed by atoms with Gasteiger partial charge in [-0.25, -0.2) is 0 Å². The third kappa shape index (κ3) is 3.90. The fraction of sp³-hybridized carbons (Fsp3) is 0.333. The summed E-state index contributed by atoms with van der Waals surface area (Å²) in [5.41, 5.74) is 4.35. The lowest BCUT2D eigenvalue weighted by Crippen LogP contribution is -2.44. The van der Waals surface area contributed by atoms with Gasteiger partial charge in [-0.05, 0) is 67.5 Å². The van der Waals surface area contributed by atoms with Crippen LogP contribution in [0.5, 0.6) is 5.75 Å². The van der Waals surface area contributed by atoms with Gasteiger partial charge in [0.2, 0.25) is 0 Å². The minimum absolute atomic E-state index is 0.138. The van der Waals surface area contributed by atoms with Gasteiger partial charge in [0.25, 0.3) is 5.91 Å². The summed E-state index contributed by atoms with van der Waals surface area (Å²) in [6.45, 7) is 0.525. The Hall–Kier alpha value is -3.08. The normalized spacial score (nSPS) is 18.1. The molecular formula is C24H25N3O2. The van der Waals surface area contributed by atoms with Crippen molar-refractivity contribution in [1.82, 2.24) is 15.1 Å². The second kappa shape index (κ2) is 7.74. The molecule has 2 aliphatic carbocycles. The summed E-state index contributed by atoms with van der Waals surface area (Å²) in [6, 6.07) is 18.3. The fourth-order valence-corrected chi connectivity index (χ4v) is 4.20. The molecule has 1 amide bonds. The standard InChI is InChI=1S/C24H25N3O2/c28-24(18-6-11-22(12-7-18)29-16-17-4-2-1-3-5-17)27(20-8-9-20)21-10-13-23-19(14-21)15-25-26-23/h1-7,11-12,15,20-21H,8-10,13-14,16H2,(H,25,26). The van der Waals surface area contributed by atoms with Crippen molar-refractivity contribution in [2.24, 2.45) is 0 Å². The Bertz CT molecular complexity index is 977. The number of fused-ring (bicyclic) bond motifs is 1. The molecular weight excluding hydrogens is 362 g/mol. The van der Waals surface area contributed by atoms with Crippen molar-refractivity contribution in [3.05, 3.63) is 83.2 Å². The molecule has 5 heteroatoms. The number of nitrogens with one attached hydrogen (secondary N) is 1. The van der Waals surface area contributed by atoms with E-state index in [9.17, 15) is 4.79 Å². The lowest BCUT2D eigenvalue weighted by atomic mass is 9.92. The van der Waals surface area contributed by atoms with Crippen LogP contribution in [0, 0.1) is 0 Å². The van der Waals surface area contributed by atoms with Gasteiger partial charge in [-0.15, -0.1) is 0 Å². The predicted molar refractivity (Wildman–Crippen MR) is 111 cm³/mol. The van der Waals surface area contributed by atoms with E-state index in [-0.39, 0.29) is 11.9 Å². The zero-order valence-electron chi connectivity index (χ0n) is 16.4. The molecule has 0 saturated heterocycles. The first-order valence-electron chi connectivity index (χ1n) is 10.4.